The maximum atomic E-state index is 12.5. The van der Waals surface area contributed by atoms with Crippen LogP contribution in [-0.4, -0.2) is 57.2 Å². The Morgan fingerprint density at radius 1 is 1.43 bits per heavy atom. The number of β-amino-alcohol motifs (C(OH)–C–C–N with tert-alkyl or cyclic N) is 1. The Labute approximate surface area is 143 Å². The molecule has 1 aromatic carbocycles. The molecule has 0 amide bonds. The molecule has 1 fully saturated rings. The van der Waals surface area contributed by atoms with Crippen LogP contribution in [0.4, 0.5) is 0 Å². The number of hydrogen-bond acceptors (Lipinski definition) is 6. The van der Waals surface area contributed by atoms with Crippen molar-refractivity contribution in [1.29, 1.82) is 0 Å². The number of sulfonamides is 1. The number of rotatable bonds is 5. The van der Waals surface area contributed by atoms with Crippen molar-refractivity contribution in [2.75, 3.05) is 27.3 Å². The van der Waals surface area contributed by atoms with Crippen molar-refractivity contribution in [3.05, 3.63) is 27.7 Å². The number of aliphatic hydroxyl groups excluding tert-OH is 1. The fourth-order valence-electron chi connectivity index (χ4n) is 2.49. The Kier molecular flexibility index (Phi) is 5.66. The van der Waals surface area contributed by atoms with E-state index in [9.17, 15) is 18.3 Å². The van der Waals surface area contributed by atoms with Crippen molar-refractivity contribution in [3.8, 4) is 5.75 Å². The summed E-state index contributed by atoms with van der Waals surface area (Å²) in [6.07, 6.45) is -0.239. The summed E-state index contributed by atoms with van der Waals surface area (Å²) in [4.78, 5) is 12.1. The summed E-state index contributed by atoms with van der Waals surface area (Å²) >= 11 is 3.27. The molecule has 0 aromatic heterocycles. The van der Waals surface area contributed by atoms with E-state index in [1.807, 2.05) is 0 Å². The maximum absolute atomic E-state index is 12.5. The van der Waals surface area contributed by atoms with Gasteiger partial charge in [-0.3, -0.25) is 0 Å². The van der Waals surface area contributed by atoms with Crippen LogP contribution in [0, 0.1) is 0 Å². The molecule has 0 aliphatic carbocycles. The third kappa shape index (κ3) is 3.85. The van der Waals surface area contributed by atoms with Crippen LogP contribution in [0.2, 0.25) is 0 Å². The van der Waals surface area contributed by atoms with Gasteiger partial charge in [-0.25, -0.2) is 13.2 Å². The molecule has 1 unspecified atom stereocenters. The van der Waals surface area contributed by atoms with Gasteiger partial charge in [0.25, 0.3) is 0 Å². The van der Waals surface area contributed by atoms with Crippen LogP contribution in [0.3, 0.4) is 0 Å². The molecule has 7 nitrogen and oxygen atoms in total. The van der Waals surface area contributed by atoms with Gasteiger partial charge in [-0.05, 0) is 34.0 Å². The summed E-state index contributed by atoms with van der Waals surface area (Å²) in [5.74, 6) is -0.811. The zero-order valence-electron chi connectivity index (χ0n) is 12.8. The van der Waals surface area contributed by atoms with Crippen molar-refractivity contribution in [3.63, 3.8) is 0 Å². The minimum atomic E-state index is -3.65. The van der Waals surface area contributed by atoms with E-state index < -0.39 is 22.1 Å². The molecular weight excluding hydrogens is 390 g/mol. The largest absolute Gasteiger partial charge is 0.495 e. The molecule has 1 heterocycles. The molecule has 23 heavy (non-hydrogen) atoms. The number of esters is 1. The average molecular weight is 408 g/mol. The second-order valence-electron chi connectivity index (χ2n) is 5.16. The standard InChI is InChI=1S/C14H18BrNO6S/c1-21-13-11(15)4-3-9(12(13)14(18)22-2)8-23(19,20)16-6-5-10(17)7-16/h3-4,10,17H,5-8H2,1-2H3. The highest BCUT2D eigenvalue weighted by atomic mass is 79.9. The van der Waals surface area contributed by atoms with Gasteiger partial charge in [-0.2, -0.15) is 4.31 Å². The highest BCUT2D eigenvalue weighted by Crippen LogP contribution is 2.33. The number of ether oxygens (including phenoxy) is 2. The van der Waals surface area contributed by atoms with Gasteiger partial charge in [0.15, 0.2) is 0 Å². The third-order valence-electron chi connectivity index (χ3n) is 3.65. The average Bonchev–Trinajstić information content (AvgIpc) is 2.95. The number of nitrogens with zero attached hydrogens (tertiary/aromatic N) is 1. The van der Waals surface area contributed by atoms with Gasteiger partial charge >= 0.3 is 5.97 Å². The van der Waals surface area contributed by atoms with Gasteiger partial charge in [0, 0.05) is 13.1 Å². The fraction of sp³-hybridized carbons (Fsp3) is 0.500. The smallest absolute Gasteiger partial charge is 0.342 e. The predicted octanol–water partition coefficient (Wildman–Crippen LogP) is 1.14. The second-order valence-corrected chi connectivity index (χ2v) is 7.99. The number of aliphatic hydroxyl groups is 1. The van der Waals surface area contributed by atoms with Crippen molar-refractivity contribution in [2.24, 2.45) is 0 Å². The van der Waals surface area contributed by atoms with E-state index in [4.69, 9.17) is 9.47 Å². The number of carbonyl (C=O) groups is 1. The van der Waals surface area contributed by atoms with E-state index in [0.717, 1.165) is 0 Å². The minimum Gasteiger partial charge on any atom is -0.495 e. The summed E-state index contributed by atoms with van der Waals surface area (Å²) < 4.78 is 36.7. The highest BCUT2D eigenvalue weighted by Gasteiger charge is 2.32. The molecule has 0 bridgehead atoms. The summed E-state index contributed by atoms with van der Waals surface area (Å²) in [5, 5.41) is 9.52. The minimum absolute atomic E-state index is 0.0730. The summed E-state index contributed by atoms with van der Waals surface area (Å²) in [6.45, 7) is 0.342. The molecule has 0 saturated carbocycles. The number of benzene rings is 1. The summed E-state index contributed by atoms with van der Waals surface area (Å²) in [6, 6.07) is 3.16. The number of methoxy groups -OCH3 is 2. The van der Waals surface area contributed by atoms with E-state index >= 15 is 0 Å². The first kappa shape index (κ1) is 18.2. The third-order valence-corrected chi connectivity index (χ3v) is 6.07. The van der Waals surface area contributed by atoms with Crippen molar-refractivity contribution in [1.82, 2.24) is 4.31 Å². The molecular formula is C14H18BrNO6S. The quantitative estimate of drug-likeness (QED) is 0.735. The fourth-order valence-corrected chi connectivity index (χ4v) is 4.59. The Morgan fingerprint density at radius 2 is 2.13 bits per heavy atom. The molecule has 1 N–H and O–H groups in total. The molecule has 1 atom stereocenters. The monoisotopic (exact) mass is 407 g/mol. The Bertz CT molecular complexity index is 705. The van der Waals surface area contributed by atoms with Crippen LogP contribution in [0.1, 0.15) is 22.3 Å². The van der Waals surface area contributed by atoms with E-state index in [-0.39, 0.29) is 30.2 Å². The van der Waals surface area contributed by atoms with Crippen LogP contribution in [-0.2, 0) is 20.5 Å². The van der Waals surface area contributed by atoms with E-state index in [1.54, 1.807) is 12.1 Å². The van der Waals surface area contributed by atoms with E-state index in [1.165, 1.54) is 18.5 Å². The van der Waals surface area contributed by atoms with Crippen molar-refractivity contribution in [2.45, 2.75) is 18.3 Å². The van der Waals surface area contributed by atoms with E-state index in [0.29, 0.717) is 16.5 Å². The summed E-state index contributed by atoms with van der Waals surface area (Å²) in [7, 11) is -1.04. The maximum Gasteiger partial charge on any atom is 0.342 e. The van der Waals surface area contributed by atoms with Crippen LogP contribution in [0.5, 0.6) is 5.75 Å². The number of carbonyl (C=O) groups excluding carboxylic acids is 1. The van der Waals surface area contributed by atoms with Crippen LogP contribution in [0.25, 0.3) is 0 Å². The van der Waals surface area contributed by atoms with Gasteiger partial charge in [0.05, 0.1) is 30.5 Å². The topological polar surface area (TPSA) is 93.1 Å². The Morgan fingerprint density at radius 3 is 2.65 bits per heavy atom. The van der Waals surface area contributed by atoms with Crippen LogP contribution < -0.4 is 4.74 Å². The Hall–Kier alpha value is -1.16. The highest BCUT2D eigenvalue weighted by molar-refractivity contribution is 9.10. The first-order valence-corrected chi connectivity index (χ1v) is 9.30. The molecule has 1 aliphatic heterocycles. The van der Waals surface area contributed by atoms with Crippen LogP contribution >= 0.6 is 15.9 Å². The SMILES string of the molecule is COC(=O)c1c(CS(=O)(=O)N2CCC(O)C2)ccc(Br)c1OC. The zero-order chi connectivity index (χ0) is 17.2. The molecule has 2 rings (SSSR count). The lowest BCUT2D eigenvalue weighted by Crippen LogP contribution is -2.31. The first-order valence-electron chi connectivity index (χ1n) is 6.89. The van der Waals surface area contributed by atoms with Gasteiger partial charge < -0.3 is 14.6 Å². The molecule has 1 aromatic rings. The molecule has 9 heteroatoms. The van der Waals surface area contributed by atoms with Crippen LogP contribution in [0.15, 0.2) is 16.6 Å². The number of halogens is 1. The molecule has 1 aliphatic rings. The summed E-state index contributed by atoms with van der Waals surface area (Å²) in [5.41, 5.74) is 0.367. The molecule has 128 valence electrons. The van der Waals surface area contributed by atoms with Gasteiger partial charge in [-0.1, -0.05) is 6.07 Å². The molecule has 0 spiro atoms. The lowest BCUT2D eigenvalue weighted by Gasteiger charge is -2.18. The molecule has 0 radical (unpaired) electrons. The van der Waals surface area contributed by atoms with Gasteiger partial charge in [-0.15, -0.1) is 0 Å². The normalized spacial score (nSPS) is 18.9. The van der Waals surface area contributed by atoms with Crippen molar-refractivity contribution >= 4 is 31.9 Å². The van der Waals surface area contributed by atoms with Gasteiger partial charge in [0.2, 0.25) is 10.0 Å². The van der Waals surface area contributed by atoms with Gasteiger partial charge in [0.1, 0.15) is 11.3 Å². The number of hydrogen-bond donors (Lipinski definition) is 1. The first-order chi connectivity index (χ1) is 10.8. The second kappa shape index (κ2) is 7.16. The predicted molar refractivity (Wildman–Crippen MR) is 86.9 cm³/mol. The van der Waals surface area contributed by atoms with E-state index in [2.05, 4.69) is 15.9 Å². The Balaban J connectivity index is 2.41. The molecule has 1 saturated heterocycles. The van der Waals surface area contributed by atoms with Crippen molar-refractivity contribution < 1.29 is 27.8 Å². The zero-order valence-corrected chi connectivity index (χ0v) is 15.2. The lowest BCUT2D eigenvalue weighted by molar-refractivity contribution is 0.0596. The lowest BCUT2D eigenvalue weighted by atomic mass is 10.1.